The molecule has 23 heavy (non-hydrogen) atoms. The van der Waals surface area contributed by atoms with Crippen LogP contribution in [0.5, 0.6) is 0 Å². The van der Waals surface area contributed by atoms with Gasteiger partial charge in [0.1, 0.15) is 0 Å². The number of fused-ring (bicyclic) bond motifs is 2. The monoisotopic (exact) mass is 340 g/mol. The Hall–Kier alpha value is -0.280. The van der Waals surface area contributed by atoms with Gasteiger partial charge in [0, 0.05) is 18.5 Å². The predicted octanol–water partition coefficient (Wildman–Crippen LogP) is 3.60. The molecular weight excluding hydrogens is 308 g/mol. The summed E-state index contributed by atoms with van der Waals surface area (Å²) in [6.45, 7) is 1.71. The van der Waals surface area contributed by atoms with E-state index in [2.05, 4.69) is 4.90 Å². The van der Waals surface area contributed by atoms with Gasteiger partial charge in [0.15, 0.2) is 0 Å². The Bertz CT molecular complexity index is 430. The highest BCUT2D eigenvalue weighted by Gasteiger charge is 2.43. The van der Waals surface area contributed by atoms with Gasteiger partial charge in [-0.1, -0.05) is 12.8 Å². The molecule has 4 unspecified atom stereocenters. The molecule has 0 aromatic carbocycles. The molecule has 4 aliphatic rings. The van der Waals surface area contributed by atoms with Crippen molar-refractivity contribution in [3.8, 4) is 0 Å². The SMILES string of the molecule is Cl.NC[C@H]1CCC[C@H]1C(=O)N1CCCC1CC1CC2CCC1C2. The van der Waals surface area contributed by atoms with E-state index in [-0.39, 0.29) is 18.3 Å². The molecule has 4 heteroatoms. The van der Waals surface area contributed by atoms with Crippen LogP contribution in [0, 0.1) is 29.6 Å². The third-order valence-electron chi connectivity index (χ3n) is 7.40. The molecule has 0 radical (unpaired) electrons. The molecule has 0 spiro atoms. The molecule has 4 fully saturated rings. The number of nitrogens with two attached hydrogens (primary N) is 1. The average Bonchev–Trinajstić information content (AvgIpc) is 3.30. The zero-order valence-electron chi connectivity index (χ0n) is 14.3. The minimum atomic E-state index is 0. The van der Waals surface area contributed by atoms with Crippen molar-refractivity contribution in [2.45, 2.75) is 70.3 Å². The van der Waals surface area contributed by atoms with Crippen LogP contribution in [-0.2, 0) is 4.79 Å². The number of nitrogens with zero attached hydrogens (tertiary/aromatic N) is 1. The summed E-state index contributed by atoms with van der Waals surface area (Å²) >= 11 is 0. The van der Waals surface area contributed by atoms with E-state index < -0.39 is 0 Å². The molecule has 2 bridgehead atoms. The summed E-state index contributed by atoms with van der Waals surface area (Å²) in [5.74, 6) is 4.09. The van der Waals surface area contributed by atoms with Gasteiger partial charge in [-0.15, -0.1) is 12.4 Å². The second-order valence-electron chi connectivity index (χ2n) is 8.53. The Morgan fingerprint density at radius 1 is 1.00 bits per heavy atom. The van der Waals surface area contributed by atoms with E-state index in [0.29, 0.717) is 24.4 Å². The highest BCUT2D eigenvalue weighted by atomic mass is 35.5. The molecule has 2 N–H and O–H groups in total. The number of hydrogen-bond acceptors (Lipinski definition) is 2. The van der Waals surface area contributed by atoms with Crippen molar-refractivity contribution in [3.05, 3.63) is 0 Å². The number of carbonyl (C=O) groups is 1. The summed E-state index contributed by atoms with van der Waals surface area (Å²) in [5.41, 5.74) is 5.90. The lowest BCUT2D eigenvalue weighted by Gasteiger charge is -2.33. The molecule has 132 valence electrons. The van der Waals surface area contributed by atoms with Gasteiger partial charge in [-0.25, -0.2) is 0 Å². The number of amides is 1. The Morgan fingerprint density at radius 3 is 2.57 bits per heavy atom. The van der Waals surface area contributed by atoms with Gasteiger partial charge in [0.05, 0.1) is 0 Å². The van der Waals surface area contributed by atoms with Crippen molar-refractivity contribution in [1.29, 1.82) is 0 Å². The first-order valence-electron chi connectivity index (χ1n) is 9.76. The van der Waals surface area contributed by atoms with Crippen LogP contribution < -0.4 is 5.73 Å². The van der Waals surface area contributed by atoms with Crippen LogP contribution in [0.3, 0.4) is 0 Å². The van der Waals surface area contributed by atoms with Crippen LogP contribution in [0.2, 0.25) is 0 Å². The van der Waals surface area contributed by atoms with Gasteiger partial charge >= 0.3 is 0 Å². The van der Waals surface area contributed by atoms with Crippen molar-refractivity contribution in [2.24, 2.45) is 35.3 Å². The Kier molecular flexibility index (Phi) is 5.57. The Balaban J connectivity index is 0.00000156. The van der Waals surface area contributed by atoms with Crippen LogP contribution in [-0.4, -0.2) is 29.9 Å². The van der Waals surface area contributed by atoms with E-state index in [1.807, 2.05) is 0 Å². The van der Waals surface area contributed by atoms with Crippen molar-refractivity contribution in [1.82, 2.24) is 4.90 Å². The lowest BCUT2D eigenvalue weighted by Crippen LogP contribution is -2.42. The molecule has 3 saturated carbocycles. The third kappa shape index (κ3) is 3.28. The van der Waals surface area contributed by atoms with E-state index >= 15 is 0 Å². The molecule has 3 nitrogen and oxygen atoms in total. The Labute approximate surface area is 147 Å². The molecule has 1 aliphatic heterocycles. The first-order valence-corrected chi connectivity index (χ1v) is 9.76. The fraction of sp³-hybridized carbons (Fsp3) is 0.947. The number of rotatable bonds is 4. The van der Waals surface area contributed by atoms with E-state index in [4.69, 9.17) is 5.73 Å². The Morgan fingerprint density at radius 2 is 1.87 bits per heavy atom. The average molecular weight is 341 g/mol. The maximum absolute atomic E-state index is 13.0. The topological polar surface area (TPSA) is 46.3 Å². The summed E-state index contributed by atoms with van der Waals surface area (Å²) in [6.07, 6.45) is 13.1. The highest BCUT2D eigenvalue weighted by molar-refractivity contribution is 5.85. The standard InChI is InChI=1S/C19H32N2O.ClH/c20-12-15-3-1-5-18(15)19(22)21-8-2-4-17(21)11-16-10-13-6-7-14(16)9-13;/h13-18H,1-12,20H2;1H/t13?,14?,15-,16?,17?,18-;/m1./s1. The van der Waals surface area contributed by atoms with Crippen LogP contribution in [0.1, 0.15) is 64.2 Å². The van der Waals surface area contributed by atoms with Crippen LogP contribution in [0.25, 0.3) is 0 Å². The summed E-state index contributed by atoms with van der Waals surface area (Å²) in [5, 5.41) is 0. The molecule has 0 aromatic heterocycles. The van der Waals surface area contributed by atoms with E-state index in [9.17, 15) is 4.79 Å². The van der Waals surface area contributed by atoms with Crippen molar-refractivity contribution >= 4 is 18.3 Å². The molecule has 1 heterocycles. The van der Waals surface area contributed by atoms with Crippen LogP contribution in [0.4, 0.5) is 0 Å². The summed E-state index contributed by atoms with van der Waals surface area (Å²) in [4.78, 5) is 15.3. The summed E-state index contributed by atoms with van der Waals surface area (Å²) < 4.78 is 0. The number of hydrogen-bond donors (Lipinski definition) is 1. The lowest BCUT2D eigenvalue weighted by molar-refractivity contribution is -0.137. The van der Waals surface area contributed by atoms with Gasteiger partial charge in [0.25, 0.3) is 0 Å². The molecule has 6 atom stereocenters. The number of halogens is 1. The number of likely N-dealkylation sites (tertiary alicyclic amines) is 1. The quantitative estimate of drug-likeness (QED) is 0.849. The molecule has 1 saturated heterocycles. The zero-order chi connectivity index (χ0) is 15.1. The summed E-state index contributed by atoms with van der Waals surface area (Å²) in [7, 11) is 0. The fourth-order valence-corrected chi connectivity index (χ4v) is 6.24. The van der Waals surface area contributed by atoms with Crippen LogP contribution in [0.15, 0.2) is 0 Å². The van der Waals surface area contributed by atoms with Crippen molar-refractivity contribution < 1.29 is 4.79 Å². The maximum Gasteiger partial charge on any atom is 0.226 e. The van der Waals surface area contributed by atoms with Crippen molar-refractivity contribution in [3.63, 3.8) is 0 Å². The molecule has 1 amide bonds. The normalized spacial score (nSPS) is 42.2. The van der Waals surface area contributed by atoms with Crippen LogP contribution >= 0.6 is 12.4 Å². The smallest absolute Gasteiger partial charge is 0.226 e. The first kappa shape index (κ1) is 17.5. The maximum atomic E-state index is 13.0. The molecular formula is C19H33ClN2O. The minimum absolute atomic E-state index is 0. The summed E-state index contributed by atoms with van der Waals surface area (Å²) in [6, 6.07) is 0.552. The minimum Gasteiger partial charge on any atom is -0.339 e. The predicted molar refractivity (Wildman–Crippen MR) is 95.4 cm³/mol. The first-order chi connectivity index (χ1) is 10.8. The van der Waals surface area contributed by atoms with E-state index in [0.717, 1.165) is 37.1 Å². The van der Waals surface area contributed by atoms with E-state index in [1.54, 1.807) is 0 Å². The largest absolute Gasteiger partial charge is 0.339 e. The molecule has 0 aromatic rings. The second kappa shape index (κ2) is 7.31. The molecule has 4 rings (SSSR count). The van der Waals surface area contributed by atoms with Gasteiger partial charge in [-0.2, -0.15) is 0 Å². The lowest BCUT2D eigenvalue weighted by atomic mass is 9.83. The van der Waals surface area contributed by atoms with Gasteiger partial charge in [-0.05, 0) is 81.6 Å². The fourth-order valence-electron chi connectivity index (χ4n) is 6.24. The number of carbonyl (C=O) groups excluding carboxylic acids is 1. The second-order valence-corrected chi connectivity index (χ2v) is 8.53. The van der Waals surface area contributed by atoms with Gasteiger partial charge in [-0.3, -0.25) is 4.79 Å². The van der Waals surface area contributed by atoms with Gasteiger partial charge in [0.2, 0.25) is 5.91 Å². The highest BCUT2D eigenvalue weighted by Crippen LogP contribution is 2.50. The van der Waals surface area contributed by atoms with E-state index in [1.165, 1.54) is 51.4 Å². The third-order valence-corrected chi connectivity index (χ3v) is 7.40. The molecule has 3 aliphatic carbocycles. The van der Waals surface area contributed by atoms with Crippen molar-refractivity contribution in [2.75, 3.05) is 13.1 Å². The zero-order valence-corrected chi connectivity index (χ0v) is 15.1. The van der Waals surface area contributed by atoms with Gasteiger partial charge < -0.3 is 10.6 Å².